The van der Waals surface area contributed by atoms with Crippen LogP contribution in [0.15, 0.2) is 24.3 Å². The number of benzene rings is 1. The van der Waals surface area contributed by atoms with Crippen molar-refractivity contribution in [2.45, 2.75) is 20.3 Å². The Kier molecular flexibility index (Phi) is 5.79. The lowest BCUT2D eigenvalue weighted by molar-refractivity contribution is -0.131. The number of carboxylic acids is 1. The lowest BCUT2D eigenvalue weighted by Gasteiger charge is -2.17. The van der Waals surface area contributed by atoms with Gasteiger partial charge in [0.25, 0.3) is 0 Å². The van der Waals surface area contributed by atoms with Gasteiger partial charge in [-0.15, -0.1) is 0 Å². The van der Waals surface area contributed by atoms with Gasteiger partial charge in [-0.1, -0.05) is 12.1 Å². The molecule has 1 aromatic carbocycles. The first kappa shape index (κ1) is 16.6. The number of ether oxygens (including phenoxy) is 2. The van der Waals surface area contributed by atoms with Crippen molar-refractivity contribution < 1.29 is 19.4 Å². The molecular weight excluding hydrogens is 270 g/mol. The van der Waals surface area contributed by atoms with Crippen LogP contribution in [-0.2, 0) is 4.79 Å². The normalized spacial score (nSPS) is 11.1. The van der Waals surface area contributed by atoms with Crippen molar-refractivity contribution in [2.75, 3.05) is 13.7 Å². The first-order valence-electron chi connectivity index (χ1n) is 6.51. The topological polar surface area (TPSA) is 79.6 Å². The van der Waals surface area contributed by atoms with E-state index in [0.717, 1.165) is 6.08 Å². The first-order chi connectivity index (χ1) is 9.89. The minimum absolute atomic E-state index is 0.342. The van der Waals surface area contributed by atoms with Gasteiger partial charge in [-0.2, -0.15) is 5.26 Å². The van der Waals surface area contributed by atoms with E-state index in [0.29, 0.717) is 30.1 Å². The van der Waals surface area contributed by atoms with Crippen molar-refractivity contribution in [1.29, 1.82) is 5.26 Å². The lowest BCUT2D eigenvalue weighted by atomic mass is 9.92. The molecule has 0 aromatic heterocycles. The van der Waals surface area contributed by atoms with Gasteiger partial charge in [0, 0.05) is 11.6 Å². The molecule has 0 radical (unpaired) electrons. The van der Waals surface area contributed by atoms with Crippen LogP contribution in [0.25, 0.3) is 6.08 Å². The number of rotatable bonds is 7. The Morgan fingerprint density at radius 1 is 1.48 bits per heavy atom. The number of para-hydroxylation sites is 1. The molecule has 21 heavy (non-hydrogen) atoms. The van der Waals surface area contributed by atoms with Gasteiger partial charge >= 0.3 is 5.97 Å². The van der Waals surface area contributed by atoms with Crippen molar-refractivity contribution in [3.8, 4) is 17.6 Å². The summed E-state index contributed by atoms with van der Waals surface area (Å²) in [4.78, 5) is 10.6. The fourth-order valence-corrected chi connectivity index (χ4v) is 1.60. The summed E-state index contributed by atoms with van der Waals surface area (Å²) in [5, 5.41) is 17.7. The molecule has 0 saturated heterocycles. The zero-order valence-electron chi connectivity index (χ0n) is 12.4. The Hall–Kier alpha value is -2.48. The van der Waals surface area contributed by atoms with Crippen LogP contribution in [0.2, 0.25) is 0 Å². The molecule has 0 saturated carbocycles. The van der Waals surface area contributed by atoms with E-state index in [9.17, 15) is 4.79 Å². The highest BCUT2D eigenvalue weighted by Crippen LogP contribution is 2.32. The van der Waals surface area contributed by atoms with E-state index in [4.69, 9.17) is 19.8 Å². The maximum atomic E-state index is 10.6. The highest BCUT2D eigenvalue weighted by Gasteiger charge is 2.17. The molecule has 0 aliphatic carbocycles. The predicted octanol–water partition coefficient (Wildman–Crippen LogP) is 3.11. The Morgan fingerprint density at radius 2 is 2.19 bits per heavy atom. The molecule has 0 unspecified atom stereocenters. The summed E-state index contributed by atoms with van der Waals surface area (Å²) in [5.41, 5.74) is 0.144. The maximum absolute atomic E-state index is 10.6. The van der Waals surface area contributed by atoms with Gasteiger partial charge in [-0.3, -0.25) is 0 Å². The van der Waals surface area contributed by atoms with E-state index in [2.05, 4.69) is 6.07 Å². The van der Waals surface area contributed by atoms with E-state index < -0.39 is 11.4 Å². The van der Waals surface area contributed by atoms with E-state index in [1.807, 2.05) is 13.8 Å². The van der Waals surface area contributed by atoms with Gasteiger partial charge < -0.3 is 14.6 Å². The average molecular weight is 289 g/mol. The van der Waals surface area contributed by atoms with Crippen LogP contribution in [0.5, 0.6) is 11.5 Å². The molecule has 0 atom stereocenters. The van der Waals surface area contributed by atoms with Gasteiger partial charge in [0.1, 0.15) is 0 Å². The van der Waals surface area contributed by atoms with Crippen molar-refractivity contribution in [3.05, 3.63) is 29.8 Å². The Labute approximate surface area is 124 Å². The number of nitriles is 1. The standard InChI is InChI=1S/C16H19NO4/c1-16(2,11-17)9-10-21-15-12(7-8-14(18)19)5-4-6-13(15)20-3/h4-8H,9-10H2,1-3H3,(H,18,19). The lowest BCUT2D eigenvalue weighted by Crippen LogP contribution is -2.13. The smallest absolute Gasteiger partial charge is 0.328 e. The van der Waals surface area contributed by atoms with E-state index in [-0.39, 0.29) is 0 Å². The fourth-order valence-electron chi connectivity index (χ4n) is 1.60. The first-order valence-corrected chi connectivity index (χ1v) is 6.51. The highest BCUT2D eigenvalue weighted by atomic mass is 16.5. The number of aliphatic carboxylic acids is 1. The number of carboxylic acid groups (broad SMARTS) is 1. The molecule has 0 bridgehead atoms. The summed E-state index contributed by atoms with van der Waals surface area (Å²) in [5.74, 6) is -0.0297. The second-order valence-electron chi connectivity index (χ2n) is 5.14. The molecule has 112 valence electrons. The minimum Gasteiger partial charge on any atom is -0.493 e. The van der Waals surface area contributed by atoms with Gasteiger partial charge in [-0.25, -0.2) is 4.79 Å². The summed E-state index contributed by atoms with van der Waals surface area (Å²) < 4.78 is 10.9. The summed E-state index contributed by atoms with van der Waals surface area (Å²) in [6.07, 6.45) is 3.06. The third-order valence-corrected chi connectivity index (χ3v) is 2.91. The third-order valence-electron chi connectivity index (χ3n) is 2.91. The van der Waals surface area contributed by atoms with Crippen molar-refractivity contribution in [1.82, 2.24) is 0 Å². The van der Waals surface area contributed by atoms with Gasteiger partial charge in [0.2, 0.25) is 0 Å². The average Bonchev–Trinajstić information content (AvgIpc) is 2.45. The van der Waals surface area contributed by atoms with Crippen LogP contribution in [0.3, 0.4) is 0 Å². The SMILES string of the molecule is COc1cccc(C=CC(=O)O)c1OCCC(C)(C)C#N. The third kappa shape index (κ3) is 5.19. The van der Waals surface area contributed by atoms with Crippen molar-refractivity contribution >= 4 is 12.0 Å². The summed E-state index contributed by atoms with van der Waals surface area (Å²) in [6.45, 7) is 4.02. The zero-order chi connectivity index (χ0) is 15.9. The molecule has 1 N–H and O–H groups in total. The number of carbonyl (C=O) groups is 1. The Balaban J connectivity index is 2.93. The van der Waals surface area contributed by atoms with Crippen LogP contribution < -0.4 is 9.47 Å². The van der Waals surface area contributed by atoms with Crippen LogP contribution in [0.4, 0.5) is 0 Å². The van der Waals surface area contributed by atoms with Gasteiger partial charge in [0.15, 0.2) is 11.5 Å². The van der Waals surface area contributed by atoms with Crippen LogP contribution in [0, 0.1) is 16.7 Å². The molecule has 0 heterocycles. The second kappa shape index (κ2) is 7.34. The monoisotopic (exact) mass is 289 g/mol. The molecule has 0 aliphatic heterocycles. The molecule has 5 heteroatoms. The Morgan fingerprint density at radius 3 is 2.76 bits per heavy atom. The van der Waals surface area contributed by atoms with Gasteiger partial charge in [-0.05, 0) is 32.4 Å². The highest BCUT2D eigenvalue weighted by molar-refractivity contribution is 5.86. The number of methoxy groups -OCH3 is 1. The Bertz CT molecular complexity index is 570. The maximum Gasteiger partial charge on any atom is 0.328 e. The van der Waals surface area contributed by atoms with Crippen LogP contribution in [0.1, 0.15) is 25.8 Å². The predicted molar refractivity (Wildman–Crippen MR) is 79.2 cm³/mol. The van der Waals surface area contributed by atoms with Crippen LogP contribution >= 0.6 is 0 Å². The molecule has 0 spiro atoms. The molecule has 1 aromatic rings. The van der Waals surface area contributed by atoms with Crippen LogP contribution in [-0.4, -0.2) is 24.8 Å². The minimum atomic E-state index is -1.03. The molecule has 0 fully saturated rings. The summed E-state index contributed by atoms with van der Waals surface area (Å²) >= 11 is 0. The molecule has 0 amide bonds. The van der Waals surface area contributed by atoms with Crippen molar-refractivity contribution in [2.24, 2.45) is 5.41 Å². The quantitative estimate of drug-likeness (QED) is 0.780. The summed E-state index contributed by atoms with van der Waals surface area (Å²) in [6, 6.07) is 7.45. The molecule has 1 rings (SSSR count). The van der Waals surface area contributed by atoms with E-state index in [1.54, 1.807) is 18.2 Å². The molecule has 5 nitrogen and oxygen atoms in total. The number of hydrogen-bond acceptors (Lipinski definition) is 4. The largest absolute Gasteiger partial charge is 0.493 e. The number of nitrogens with zero attached hydrogens (tertiary/aromatic N) is 1. The molecular formula is C16H19NO4. The van der Waals surface area contributed by atoms with E-state index in [1.165, 1.54) is 13.2 Å². The van der Waals surface area contributed by atoms with E-state index >= 15 is 0 Å². The zero-order valence-corrected chi connectivity index (χ0v) is 12.4. The van der Waals surface area contributed by atoms with Gasteiger partial charge in [0.05, 0.1) is 25.2 Å². The van der Waals surface area contributed by atoms with Crippen molar-refractivity contribution in [3.63, 3.8) is 0 Å². The summed E-state index contributed by atoms with van der Waals surface area (Å²) in [7, 11) is 1.52. The molecule has 0 aliphatic rings. The second-order valence-corrected chi connectivity index (χ2v) is 5.14. The fraction of sp³-hybridized carbons (Fsp3) is 0.375. The number of hydrogen-bond donors (Lipinski definition) is 1.